The van der Waals surface area contributed by atoms with Crippen LogP contribution in [0.25, 0.3) is 5.69 Å². The molecule has 2 aromatic rings. The molecule has 0 spiro atoms. The number of nitrogens with one attached hydrogen (secondary N) is 2. The fourth-order valence-electron chi connectivity index (χ4n) is 2.76. The van der Waals surface area contributed by atoms with Crippen LogP contribution in [0.4, 0.5) is 0 Å². The Hall–Kier alpha value is -2.25. The second-order valence-electron chi connectivity index (χ2n) is 5.93. The van der Waals surface area contributed by atoms with Gasteiger partial charge >= 0.3 is 0 Å². The normalized spacial score (nSPS) is 21.6. The van der Waals surface area contributed by atoms with E-state index in [1.807, 2.05) is 12.1 Å². The highest BCUT2D eigenvalue weighted by Gasteiger charge is 2.28. The van der Waals surface area contributed by atoms with Gasteiger partial charge in [-0.3, -0.25) is 9.36 Å². The van der Waals surface area contributed by atoms with E-state index in [2.05, 4.69) is 20.8 Å². The van der Waals surface area contributed by atoms with Gasteiger partial charge in [-0.15, -0.1) is 10.2 Å². The fraction of sp³-hybridized carbons (Fsp3) is 0.438. The highest BCUT2D eigenvalue weighted by atomic mass is 16.3. The second-order valence-corrected chi connectivity index (χ2v) is 5.93. The smallest absolute Gasteiger partial charge is 0.251 e. The van der Waals surface area contributed by atoms with Crippen LogP contribution in [-0.2, 0) is 0 Å². The molecule has 23 heavy (non-hydrogen) atoms. The third-order valence-electron chi connectivity index (χ3n) is 4.19. The second kappa shape index (κ2) is 6.89. The number of aromatic nitrogens is 3. The van der Waals surface area contributed by atoms with E-state index in [0.717, 1.165) is 25.2 Å². The summed E-state index contributed by atoms with van der Waals surface area (Å²) >= 11 is 0. The first kappa shape index (κ1) is 15.6. The Kier molecular flexibility index (Phi) is 4.68. The van der Waals surface area contributed by atoms with Gasteiger partial charge in [-0.1, -0.05) is 0 Å². The topological polar surface area (TPSA) is 92.1 Å². The summed E-state index contributed by atoms with van der Waals surface area (Å²) in [5.41, 5.74) is 0.638. The van der Waals surface area contributed by atoms with Gasteiger partial charge in [-0.2, -0.15) is 0 Å². The van der Waals surface area contributed by atoms with Gasteiger partial charge in [0.2, 0.25) is 0 Å². The first-order chi connectivity index (χ1) is 11.2. The zero-order valence-corrected chi connectivity index (χ0v) is 12.9. The molecule has 1 aliphatic heterocycles. The number of carbonyl (C=O) groups excluding carboxylic acids is 1. The zero-order valence-electron chi connectivity index (χ0n) is 12.9. The van der Waals surface area contributed by atoms with Gasteiger partial charge in [0.1, 0.15) is 12.7 Å². The van der Waals surface area contributed by atoms with Crippen LogP contribution in [0.3, 0.4) is 0 Å². The number of aliphatic hydroxyl groups is 1. The Morgan fingerprint density at radius 1 is 1.22 bits per heavy atom. The maximum absolute atomic E-state index is 12.2. The molecule has 3 N–H and O–H groups in total. The highest BCUT2D eigenvalue weighted by molar-refractivity contribution is 5.94. The molecule has 1 saturated heterocycles. The zero-order chi connectivity index (χ0) is 16.1. The summed E-state index contributed by atoms with van der Waals surface area (Å²) in [4.78, 5) is 12.2. The van der Waals surface area contributed by atoms with Crippen LogP contribution in [0.15, 0.2) is 36.9 Å². The van der Waals surface area contributed by atoms with Crippen LogP contribution in [0.1, 0.15) is 29.6 Å². The van der Waals surface area contributed by atoms with Crippen LogP contribution in [-0.4, -0.2) is 51.0 Å². The van der Waals surface area contributed by atoms with Gasteiger partial charge in [0.25, 0.3) is 5.91 Å². The minimum Gasteiger partial charge on any atom is -0.388 e. The molecule has 2 heterocycles. The van der Waals surface area contributed by atoms with E-state index in [9.17, 15) is 9.90 Å². The molecule has 1 aromatic carbocycles. The van der Waals surface area contributed by atoms with E-state index in [4.69, 9.17) is 0 Å². The Balaban J connectivity index is 1.59. The predicted octanol–water partition coefficient (Wildman–Crippen LogP) is 0.502. The number of carbonyl (C=O) groups is 1. The third kappa shape index (κ3) is 3.94. The van der Waals surface area contributed by atoms with Gasteiger partial charge in [-0.05, 0) is 56.6 Å². The lowest BCUT2D eigenvalue weighted by atomic mass is 9.95. The van der Waals surface area contributed by atoms with E-state index in [1.54, 1.807) is 29.4 Å². The van der Waals surface area contributed by atoms with Crippen molar-refractivity contribution >= 4 is 5.91 Å². The SMILES string of the molecule is O=C(NCC1(O)CCCNCC1)c1ccc(-n2cnnc2)cc1. The summed E-state index contributed by atoms with van der Waals surface area (Å²) < 4.78 is 1.77. The number of hydrogen-bond acceptors (Lipinski definition) is 5. The fourth-order valence-corrected chi connectivity index (χ4v) is 2.76. The largest absolute Gasteiger partial charge is 0.388 e. The minimum absolute atomic E-state index is 0.175. The molecule has 1 fully saturated rings. The molecule has 1 aromatic heterocycles. The average Bonchev–Trinajstić information content (AvgIpc) is 3.02. The lowest BCUT2D eigenvalue weighted by Crippen LogP contribution is -2.43. The minimum atomic E-state index is -0.818. The van der Waals surface area contributed by atoms with Crippen LogP contribution in [0.2, 0.25) is 0 Å². The summed E-state index contributed by atoms with van der Waals surface area (Å²) in [6.07, 6.45) is 5.47. The van der Waals surface area contributed by atoms with Crippen molar-refractivity contribution in [2.45, 2.75) is 24.9 Å². The Morgan fingerprint density at radius 3 is 2.70 bits per heavy atom. The molecule has 7 heteroatoms. The summed E-state index contributed by atoms with van der Waals surface area (Å²) in [7, 11) is 0. The lowest BCUT2D eigenvalue weighted by molar-refractivity contribution is 0.0276. The maximum Gasteiger partial charge on any atom is 0.251 e. The molecule has 1 amide bonds. The van der Waals surface area contributed by atoms with E-state index >= 15 is 0 Å². The van der Waals surface area contributed by atoms with Gasteiger partial charge in [0.05, 0.1) is 5.60 Å². The number of benzene rings is 1. The molecular weight excluding hydrogens is 294 g/mol. The first-order valence-corrected chi connectivity index (χ1v) is 7.83. The number of nitrogens with zero attached hydrogens (tertiary/aromatic N) is 3. The molecule has 3 rings (SSSR count). The first-order valence-electron chi connectivity index (χ1n) is 7.83. The monoisotopic (exact) mass is 315 g/mol. The molecule has 7 nitrogen and oxygen atoms in total. The lowest BCUT2D eigenvalue weighted by Gasteiger charge is -2.26. The molecule has 1 aliphatic rings. The van der Waals surface area contributed by atoms with E-state index < -0.39 is 5.60 Å². The quantitative estimate of drug-likeness (QED) is 0.764. The van der Waals surface area contributed by atoms with E-state index in [0.29, 0.717) is 18.4 Å². The summed E-state index contributed by atoms with van der Waals surface area (Å²) in [6.45, 7) is 1.97. The molecule has 0 aliphatic carbocycles. The Bertz CT molecular complexity index is 631. The third-order valence-corrected chi connectivity index (χ3v) is 4.19. The standard InChI is InChI=1S/C16H21N5O2/c22-15(18-10-16(23)6-1-8-17-9-7-16)13-2-4-14(5-3-13)21-11-19-20-12-21/h2-5,11-12,17,23H,1,6-10H2,(H,18,22). The van der Waals surface area contributed by atoms with Crippen molar-refractivity contribution < 1.29 is 9.90 Å². The Labute approximate surface area is 134 Å². The molecule has 0 radical (unpaired) electrons. The van der Waals surface area contributed by atoms with Crippen molar-refractivity contribution in [3.63, 3.8) is 0 Å². The number of amides is 1. The summed E-state index contributed by atoms with van der Waals surface area (Å²) in [5.74, 6) is -0.175. The molecule has 1 atom stereocenters. The molecule has 1 unspecified atom stereocenters. The van der Waals surface area contributed by atoms with Crippen molar-refractivity contribution in [3.8, 4) is 5.69 Å². The van der Waals surface area contributed by atoms with Gasteiger partial charge < -0.3 is 15.7 Å². The van der Waals surface area contributed by atoms with Crippen LogP contribution in [0.5, 0.6) is 0 Å². The van der Waals surface area contributed by atoms with Gasteiger partial charge in [0, 0.05) is 17.8 Å². The van der Waals surface area contributed by atoms with Gasteiger partial charge in [0.15, 0.2) is 0 Å². The molecular formula is C16H21N5O2. The average molecular weight is 315 g/mol. The predicted molar refractivity (Wildman–Crippen MR) is 85.4 cm³/mol. The van der Waals surface area contributed by atoms with Crippen molar-refractivity contribution in [1.82, 2.24) is 25.4 Å². The van der Waals surface area contributed by atoms with Gasteiger partial charge in [-0.25, -0.2) is 0 Å². The summed E-state index contributed by atoms with van der Waals surface area (Å²) in [5, 5.41) is 24.2. The number of rotatable bonds is 4. The number of hydrogen-bond donors (Lipinski definition) is 3. The van der Waals surface area contributed by atoms with Crippen molar-refractivity contribution in [3.05, 3.63) is 42.5 Å². The highest BCUT2D eigenvalue weighted by Crippen LogP contribution is 2.18. The van der Waals surface area contributed by atoms with Crippen molar-refractivity contribution in [1.29, 1.82) is 0 Å². The van der Waals surface area contributed by atoms with Crippen LogP contribution < -0.4 is 10.6 Å². The molecule has 0 saturated carbocycles. The van der Waals surface area contributed by atoms with E-state index in [1.165, 1.54) is 0 Å². The summed E-state index contributed by atoms with van der Waals surface area (Å²) in [6, 6.07) is 7.18. The van der Waals surface area contributed by atoms with Crippen LogP contribution >= 0.6 is 0 Å². The molecule has 0 bridgehead atoms. The Morgan fingerprint density at radius 2 is 1.96 bits per heavy atom. The van der Waals surface area contributed by atoms with Crippen molar-refractivity contribution in [2.24, 2.45) is 0 Å². The molecule has 122 valence electrons. The van der Waals surface area contributed by atoms with Crippen LogP contribution in [0, 0.1) is 0 Å². The van der Waals surface area contributed by atoms with Crippen molar-refractivity contribution in [2.75, 3.05) is 19.6 Å². The van der Waals surface area contributed by atoms with E-state index in [-0.39, 0.29) is 12.5 Å². The maximum atomic E-state index is 12.2.